The Morgan fingerprint density at radius 2 is 2.00 bits per heavy atom. The number of nitrogens with zero attached hydrogens (tertiary/aromatic N) is 4. The molecule has 0 bridgehead atoms. The van der Waals surface area contributed by atoms with Crippen LogP contribution >= 0.6 is 23.2 Å². The topological polar surface area (TPSA) is 51.0 Å². The summed E-state index contributed by atoms with van der Waals surface area (Å²) >= 11 is 12.3. The minimum Gasteiger partial charge on any atom is -0.337 e. The van der Waals surface area contributed by atoms with E-state index in [1.165, 1.54) is 5.56 Å². The quantitative estimate of drug-likeness (QED) is 0.657. The van der Waals surface area contributed by atoms with Crippen LogP contribution in [0.5, 0.6) is 0 Å². The number of carbonyl (C=O) groups is 1. The van der Waals surface area contributed by atoms with Crippen LogP contribution in [0, 0.1) is 0 Å². The third-order valence-corrected chi connectivity index (χ3v) is 5.45. The lowest BCUT2D eigenvalue weighted by Gasteiger charge is -2.15. The zero-order chi connectivity index (χ0) is 18.8. The summed E-state index contributed by atoms with van der Waals surface area (Å²) in [6.07, 6.45) is 2.60. The first-order valence-electron chi connectivity index (χ1n) is 8.78. The van der Waals surface area contributed by atoms with E-state index in [9.17, 15) is 4.79 Å². The maximum atomic E-state index is 12.8. The molecule has 1 amide bonds. The van der Waals surface area contributed by atoms with Crippen LogP contribution in [0.3, 0.4) is 0 Å². The van der Waals surface area contributed by atoms with E-state index in [-0.39, 0.29) is 5.91 Å². The first kappa shape index (κ1) is 18.0. The number of hydrogen-bond acceptors (Lipinski definition) is 3. The van der Waals surface area contributed by atoms with Crippen molar-refractivity contribution in [3.63, 3.8) is 0 Å². The monoisotopic (exact) mass is 400 g/mol. The molecule has 1 aromatic heterocycles. The predicted octanol–water partition coefficient (Wildman–Crippen LogP) is 4.26. The van der Waals surface area contributed by atoms with Crippen LogP contribution in [-0.4, -0.2) is 38.9 Å². The molecule has 1 aliphatic rings. The molecule has 1 aliphatic heterocycles. The molecule has 138 valence electrons. The second kappa shape index (κ2) is 7.71. The molecule has 0 saturated carbocycles. The van der Waals surface area contributed by atoms with Crippen molar-refractivity contribution >= 4 is 29.1 Å². The van der Waals surface area contributed by atoms with Crippen LogP contribution in [0.4, 0.5) is 0 Å². The van der Waals surface area contributed by atoms with Crippen molar-refractivity contribution in [1.29, 1.82) is 0 Å². The summed E-state index contributed by atoms with van der Waals surface area (Å²) < 4.78 is 1.64. The summed E-state index contributed by atoms with van der Waals surface area (Å²) in [6.45, 7) is 1.84. The number of aromatic nitrogens is 3. The van der Waals surface area contributed by atoms with E-state index in [1.807, 2.05) is 47.4 Å². The lowest BCUT2D eigenvalue weighted by atomic mass is 9.99. The summed E-state index contributed by atoms with van der Waals surface area (Å²) in [7, 11) is 0. The molecule has 0 radical (unpaired) electrons. The molecule has 7 heteroatoms. The Hall–Kier alpha value is -2.37. The van der Waals surface area contributed by atoms with E-state index in [0.717, 1.165) is 17.0 Å². The fraction of sp³-hybridized carbons (Fsp3) is 0.250. The second-order valence-electron chi connectivity index (χ2n) is 6.68. The molecular formula is C20H18Cl2N4O. The Morgan fingerprint density at radius 3 is 2.81 bits per heavy atom. The average Bonchev–Trinajstić information content (AvgIpc) is 3.33. The van der Waals surface area contributed by atoms with Crippen LogP contribution in [0.25, 0.3) is 0 Å². The molecule has 0 aliphatic carbocycles. The third kappa shape index (κ3) is 3.99. The van der Waals surface area contributed by atoms with Gasteiger partial charge >= 0.3 is 0 Å². The Bertz CT molecular complexity index is 972. The van der Waals surface area contributed by atoms with E-state index in [0.29, 0.717) is 36.3 Å². The maximum Gasteiger partial charge on any atom is 0.276 e. The number of carbonyl (C=O) groups excluding carboxylic acids is 1. The minimum absolute atomic E-state index is 0.0927. The molecular weight excluding hydrogens is 383 g/mol. The first-order chi connectivity index (χ1) is 13.1. The normalized spacial score (nSPS) is 16.7. The number of hydrogen-bond donors (Lipinski definition) is 0. The van der Waals surface area contributed by atoms with E-state index in [4.69, 9.17) is 23.2 Å². The van der Waals surface area contributed by atoms with Gasteiger partial charge in [0.05, 0.1) is 12.7 Å². The highest BCUT2D eigenvalue weighted by atomic mass is 35.5. The van der Waals surface area contributed by atoms with Crippen LogP contribution < -0.4 is 0 Å². The van der Waals surface area contributed by atoms with Crippen molar-refractivity contribution in [2.75, 3.05) is 13.1 Å². The van der Waals surface area contributed by atoms with Gasteiger partial charge in [-0.3, -0.25) is 4.79 Å². The molecule has 0 unspecified atom stereocenters. The van der Waals surface area contributed by atoms with Crippen molar-refractivity contribution < 1.29 is 4.79 Å². The van der Waals surface area contributed by atoms with Crippen molar-refractivity contribution in [3.05, 3.63) is 81.6 Å². The number of likely N-dealkylation sites (tertiary alicyclic amines) is 1. The Morgan fingerprint density at radius 1 is 1.15 bits per heavy atom. The predicted molar refractivity (Wildman–Crippen MR) is 105 cm³/mol. The maximum absolute atomic E-state index is 12.8. The van der Waals surface area contributed by atoms with Crippen molar-refractivity contribution in [3.8, 4) is 0 Å². The Balaban J connectivity index is 1.43. The lowest BCUT2D eigenvalue weighted by Crippen LogP contribution is -2.28. The van der Waals surface area contributed by atoms with Gasteiger partial charge in [-0.05, 0) is 35.7 Å². The van der Waals surface area contributed by atoms with Gasteiger partial charge in [-0.2, -0.15) is 0 Å². The van der Waals surface area contributed by atoms with Gasteiger partial charge in [-0.1, -0.05) is 58.7 Å². The molecule has 5 nitrogen and oxygen atoms in total. The zero-order valence-corrected chi connectivity index (χ0v) is 16.1. The molecule has 1 saturated heterocycles. The molecule has 4 rings (SSSR count). The molecule has 0 N–H and O–H groups in total. The number of rotatable bonds is 4. The van der Waals surface area contributed by atoms with Crippen LogP contribution in [-0.2, 0) is 6.54 Å². The Kier molecular flexibility index (Phi) is 5.14. The number of halogens is 2. The van der Waals surface area contributed by atoms with Gasteiger partial charge in [-0.15, -0.1) is 5.10 Å². The van der Waals surface area contributed by atoms with Gasteiger partial charge in [0.2, 0.25) is 0 Å². The Labute approximate surface area is 167 Å². The summed E-state index contributed by atoms with van der Waals surface area (Å²) in [6, 6.07) is 15.4. The van der Waals surface area contributed by atoms with Crippen LogP contribution in [0.15, 0.2) is 54.7 Å². The van der Waals surface area contributed by atoms with Gasteiger partial charge in [0.15, 0.2) is 5.69 Å². The fourth-order valence-corrected chi connectivity index (χ4v) is 3.81. The highest BCUT2D eigenvalue weighted by molar-refractivity contribution is 6.31. The second-order valence-corrected chi connectivity index (χ2v) is 7.53. The third-order valence-electron chi connectivity index (χ3n) is 4.84. The number of benzene rings is 2. The minimum atomic E-state index is -0.0927. The highest BCUT2D eigenvalue weighted by Gasteiger charge is 2.29. The van der Waals surface area contributed by atoms with E-state index < -0.39 is 0 Å². The van der Waals surface area contributed by atoms with Gasteiger partial charge in [0, 0.05) is 29.1 Å². The van der Waals surface area contributed by atoms with Gasteiger partial charge < -0.3 is 4.90 Å². The average molecular weight is 401 g/mol. The van der Waals surface area contributed by atoms with Crippen molar-refractivity contribution in [2.45, 2.75) is 18.9 Å². The molecule has 2 aromatic carbocycles. The summed E-state index contributed by atoms with van der Waals surface area (Å²) in [4.78, 5) is 14.6. The summed E-state index contributed by atoms with van der Waals surface area (Å²) in [5.41, 5.74) is 2.46. The molecule has 1 fully saturated rings. The van der Waals surface area contributed by atoms with Gasteiger partial charge in [-0.25, -0.2) is 4.68 Å². The molecule has 27 heavy (non-hydrogen) atoms. The standard InChI is InChI=1S/C20H18Cl2N4O/c21-17-6-3-5-14(10-17)15-8-9-25(11-15)20(27)19-13-26(24-23-19)12-16-4-1-2-7-18(16)22/h1-7,10,13,15H,8-9,11-12H2/t15-/m1/s1. The van der Waals surface area contributed by atoms with E-state index in [2.05, 4.69) is 16.4 Å². The first-order valence-corrected chi connectivity index (χ1v) is 9.54. The zero-order valence-electron chi connectivity index (χ0n) is 14.6. The van der Waals surface area contributed by atoms with E-state index in [1.54, 1.807) is 10.9 Å². The van der Waals surface area contributed by atoms with Gasteiger partial charge in [0.25, 0.3) is 5.91 Å². The molecule has 2 heterocycles. The van der Waals surface area contributed by atoms with Crippen LogP contribution in [0.2, 0.25) is 10.0 Å². The highest BCUT2D eigenvalue weighted by Crippen LogP contribution is 2.29. The van der Waals surface area contributed by atoms with Gasteiger partial charge in [0.1, 0.15) is 0 Å². The molecule has 0 spiro atoms. The fourth-order valence-electron chi connectivity index (χ4n) is 3.41. The summed E-state index contributed by atoms with van der Waals surface area (Å²) in [5, 5.41) is 9.53. The largest absolute Gasteiger partial charge is 0.337 e. The van der Waals surface area contributed by atoms with Crippen LogP contribution in [0.1, 0.15) is 34.0 Å². The van der Waals surface area contributed by atoms with Crippen molar-refractivity contribution in [2.24, 2.45) is 0 Å². The lowest BCUT2D eigenvalue weighted by molar-refractivity contribution is 0.0785. The number of amides is 1. The molecule has 3 aromatic rings. The smallest absolute Gasteiger partial charge is 0.276 e. The van der Waals surface area contributed by atoms with E-state index >= 15 is 0 Å². The summed E-state index contributed by atoms with van der Waals surface area (Å²) in [5.74, 6) is 0.204. The SMILES string of the molecule is O=C(c1cn(Cc2ccccc2Cl)nn1)N1CC[C@@H](c2cccc(Cl)c2)C1. The molecule has 1 atom stereocenters. The van der Waals surface area contributed by atoms with Crippen molar-refractivity contribution in [1.82, 2.24) is 19.9 Å².